The van der Waals surface area contributed by atoms with Crippen LogP contribution in [0.1, 0.15) is 25.5 Å². The second-order valence-electron chi connectivity index (χ2n) is 8.31. The van der Waals surface area contributed by atoms with Gasteiger partial charge in [-0.15, -0.1) is 0 Å². The molecule has 200 valence electrons. The maximum absolute atomic E-state index is 13.5. The molecule has 8 nitrogen and oxygen atoms in total. The van der Waals surface area contributed by atoms with E-state index in [2.05, 4.69) is 22.0 Å². The minimum atomic E-state index is -0.804. The van der Waals surface area contributed by atoms with Gasteiger partial charge in [-0.25, -0.2) is 0 Å². The number of benzene rings is 2. The number of para-hydroxylation sites is 2. The number of anilines is 2. The number of hydrogen-bond acceptors (Lipinski definition) is 7. The normalized spacial score (nSPS) is 14.9. The van der Waals surface area contributed by atoms with Crippen molar-refractivity contribution in [2.24, 2.45) is 0 Å². The standard InChI is InChI=1S/C28H24Cl2N4O4S/c1-3-37-22-8-5-4-7-21(22)33-24(35)15-39-28-18(14-31)26(23-9-6-12-38-23)25(16(2)32-28)27(36)34-20-11-10-17(29)13-19(20)30/h4-13,26,32H,3,15H2,1-2H3,(H,33,35)(H,34,36)/t26-/m0/s1. The monoisotopic (exact) mass is 582 g/mol. The molecule has 0 bridgehead atoms. The smallest absolute Gasteiger partial charge is 0.254 e. The number of halogens is 2. The second kappa shape index (κ2) is 12.8. The fraction of sp³-hybridized carbons (Fsp3) is 0.179. The summed E-state index contributed by atoms with van der Waals surface area (Å²) < 4.78 is 11.2. The Morgan fingerprint density at radius 3 is 2.62 bits per heavy atom. The van der Waals surface area contributed by atoms with Gasteiger partial charge in [-0.05, 0) is 56.3 Å². The molecule has 2 amide bonds. The van der Waals surface area contributed by atoms with E-state index in [0.29, 0.717) is 45.2 Å². The summed E-state index contributed by atoms with van der Waals surface area (Å²) in [6, 6.07) is 17.5. The molecule has 3 N–H and O–H groups in total. The van der Waals surface area contributed by atoms with Gasteiger partial charge >= 0.3 is 0 Å². The number of ether oxygens (including phenoxy) is 1. The highest BCUT2D eigenvalue weighted by atomic mass is 35.5. The zero-order valence-electron chi connectivity index (χ0n) is 21.0. The summed E-state index contributed by atoms with van der Waals surface area (Å²) in [7, 11) is 0. The number of nitrogens with one attached hydrogen (secondary N) is 3. The first-order chi connectivity index (χ1) is 18.8. The number of rotatable bonds is 9. The van der Waals surface area contributed by atoms with Gasteiger partial charge in [0.2, 0.25) is 5.91 Å². The predicted molar refractivity (Wildman–Crippen MR) is 154 cm³/mol. The van der Waals surface area contributed by atoms with Crippen LogP contribution in [0.15, 0.2) is 87.1 Å². The molecule has 0 aliphatic carbocycles. The number of carbonyl (C=O) groups is 2. The summed E-state index contributed by atoms with van der Waals surface area (Å²) in [6.07, 6.45) is 1.48. The first-order valence-electron chi connectivity index (χ1n) is 11.9. The number of carbonyl (C=O) groups excluding carboxylic acids is 2. The van der Waals surface area contributed by atoms with Crippen molar-refractivity contribution in [1.29, 1.82) is 5.26 Å². The van der Waals surface area contributed by atoms with Crippen molar-refractivity contribution >= 4 is 58.2 Å². The molecule has 1 aliphatic rings. The molecular weight excluding hydrogens is 559 g/mol. The van der Waals surface area contributed by atoms with Crippen LogP contribution < -0.4 is 20.7 Å². The highest BCUT2D eigenvalue weighted by Gasteiger charge is 2.36. The van der Waals surface area contributed by atoms with Crippen LogP contribution in [0.25, 0.3) is 0 Å². The number of hydrogen-bond donors (Lipinski definition) is 3. The van der Waals surface area contributed by atoms with E-state index in [-0.39, 0.29) is 27.8 Å². The minimum absolute atomic E-state index is 0.00798. The fourth-order valence-corrected chi connectivity index (χ4v) is 5.37. The molecule has 0 radical (unpaired) electrons. The maximum atomic E-state index is 13.5. The van der Waals surface area contributed by atoms with Gasteiger partial charge < -0.3 is 25.1 Å². The van der Waals surface area contributed by atoms with Gasteiger partial charge in [0.05, 0.1) is 63.2 Å². The first kappa shape index (κ1) is 28.2. The highest BCUT2D eigenvalue weighted by Crippen LogP contribution is 2.41. The topological polar surface area (TPSA) is 116 Å². The Morgan fingerprint density at radius 2 is 1.92 bits per heavy atom. The molecule has 1 atom stereocenters. The van der Waals surface area contributed by atoms with Crippen molar-refractivity contribution in [3.63, 3.8) is 0 Å². The van der Waals surface area contributed by atoms with Crippen LogP contribution in [-0.2, 0) is 9.59 Å². The molecule has 0 unspecified atom stereocenters. The van der Waals surface area contributed by atoms with E-state index in [4.69, 9.17) is 32.4 Å². The average molecular weight is 583 g/mol. The number of amides is 2. The van der Waals surface area contributed by atoms with Crippen LogP contribution in [0.4, 0.5) is 11.4 Å². The van der Waals surface area contributed by atoms with Crippen molar-refractivity contribution in [2.75, 3.05) is 23.0 Å². The lowest BCUT2D eigenvalue weighted by atomic mass is 9.85. The van der Waals surface area contributed by atoms with E-state index >= 15 is 0 Å². The average Bonchev–Trinajstić information content (AvgIpc) is 3.44. The molecule has 39 heavy (non-hydrogen) atoms. The lowest BCUT2D eigenvalue weighted by molar-refractivity contribution is -0.114. The van der Waals surface area contributed by atoms with E-state index < -0.39 is 11.8 Å². The van der Waals surface area contributed by atoms with Crippen LogP contribution in [-0.4, -0.2) is 24.2 Å². The summed E-state index contributed by atoms with van der Waals surface area (Å²) >= 11 is 13.4. The van der Waals surface area contributed by atoms with Crippen LogP contribution in [0.2, 0.25) is 10.0 Å². The number of allylic oxidation sites excluding steroid dienone is 2. The molecule has 2 heterocycles. The van der Waals surface area contributed by atoms with E-state index in [9.17, 15) is 14.9 Å². The van der Waals surface area contributed by atoms with Gasteiger partial charge in [-0.2, -0.15) is 5.26 Å². The Bertz CT molecular complexity index is 1500. The van der Waals surface area contributed by atoms with Gasteiger partial charge in [0.15, 0.2) is 0 Å². The van der Waals surface area contributed by atoms with Gasteiger partial charge in [-0.1, -0.05) is 47.1 Å². The Morgan fingerprint density at radius 1 is 1.13 bits per heavy atom. The molecule has 0 saturated carbocycles. The fourth-order valence-electron chi connectivity index (χ4n) is 4.02. The molecule has 2 aromatic carbocycles. The van der Waals surface area contributed by atoms with E-state index in [1.54, 1.807) is 49.4 Å². The highest BCUT2D eigenvalue weighted by molar-refractivity contribution is 8.03. The van der Waals surface area contributed by atoms with Crippen molar-refractivity contribution in [1.82, 2.24) is 5.32 Å². The Kier molecular flexibility index (Phi) is 9.25. The zero-order chi connectivity index (χ0) is 27.9. The van der Waals surface area contributed by atoms with Crippen molar-refractivity contribution in [3.8, 4) is 11.8 Å². The molecule has 0 saturated heterocycles. The third-order valence-electron chi connectivity index (χ3n) is 5.71. The van der Waals surface area contributed by atoms with E-state index in [1.165, 1.54) is 12.3 Å². The lowest BCUT2D eigenvalue weighted by Crippen LogP contribution is -2.31. The predicted octanol–water partition coefficient (Wildman–Crippen LogP) is 6.69. The third-order valence-corrected chi connectivity index (χ3v) is 7.27. The number of nitrogens with zero attached hydrogens (tertiary/aromatic N) is 1. The zero-order valence-corrected chi connectivity index (χ0v) is 23.3. The molecule has 11 heteroatoms. The number of nitriles is 1. The van der Waals surface area contributed by atoms with Gasteiger partial charge in [-0.3, -0.25) is 9.59 Å². The largest absolute Gasteiger partial charge is 0.492 e. The maximum Gasteiger partial charge on any atom is 0.254 e. The first-order valence-corrected chi connectivity index (χ1v) is 13.6. The van der Waals surface area contributed by atoms with Crippen LogP contribution in [0, 0.1) is 11.3 Å². The van der Waals surface area contributed by atoms with Gasteiger partial charge in [0.25, 0.3) is 5.91 Å². The Labute approximate surface area is 240 Å². The van der Waals surface area contributed by atoms with Gasteiger partial charge in [0, 0.05) is 10.7 Å². The molecule has 1 aliphatic heterocycles. The van der Waals surface area contributed by atoms with Crippen molar-refractivity contribution in [3.05, 3.63) is 98.5 Å². The molecule has 1 aromatic heterocycles. The molecule has 4 rings (SSSR count). The Balaban J connectivity index is 1.58. The minimum Gasteiger partial charge on any atom is -0.492 e. The van der Waals surface area contributed by atoms with E-state index in [0.717, 1.165) is 11.8 Å². The van der Waals surface area contributed by atoms with Crippen molar-refractivity contribution < 1.29 is 18.7 Å². The summed E-state index contributed by atoms with van der Waals surface area (Å²) in [5.41, 5.74) is 1.96. The van der Waals surface area contributed by atoms with Crippen molar-refractivity contribution in [2.45, 2.75) is 19.8 Å². The second-order valence-corrected chi connectivity index (χ2v) is 10.1. The number of thioether (sulfide) groups is 1. The van der Waals surface area contributed by atoms with E-state index in [1.807, 2.05) is 13.0 Å². The van der Waals surface area contributed by atoms with Crippen LogP contribution >= 0.6 is 35.0 Å². The summed E-state index contributed by atoms with van der Waals surface area (Å²) in [5, 5.41) is 20.1. The summed E-state index contributed by atoms with van der Waals surface area (Å²) in [4.78, 5) is 26.3. The summed E-state index contributed by atoms with van der Waals surface area (Å²) in [6.45, 7) is 4.05. The lowest BCUT2D eigenvalue weighted by Gasteiger charge is -2.28. The SMILES string of the molecule is CCOc1ccccc1NC(=O)CSC1=C(C#N)[C@@H](c2ccco2)C(C(=O)Nc2ccc(Cl)cc2Cl)=C(C)N1. The molecular formula is C28H24Cl2N4O4S. The van der Waals surface area contributed by atoms with Crippen LogP contribution in [0.5, 0.6) is 5.75 Å². The molecule has 0 spiro atoms. The number of furan rings is 1. The van der Waals surface area contributed by atoms with Crippen LogP contribution in [0.3, 0.4) is 0 Å². The number of dihydropyridines is 1. The third kappa shape index (κ3) is 6.60. The van der Waals surface area contributed by atoms with Gasteiger partial charge in [0.1, 0.15) is 11.5 Å². The quantitative estimate of drug-likeness (QED) is 0.257. The molecule has 0 fully saturated rings. The summed E-state index contributed by atoms with van der Waals surface area (Å²) in [5.74, 6) is -0.564. The molecule has 3 aromatic rings. The Hall–Kier alpha value is -3.84.